The number of aromatic nitrogens is 5. The molecule has 4 heterocycles. The maximum atomic E-state index is 12.6. The quantitative estimate of drug-likeness (QED) is 0.589. The first kappa shape index (κ1) is 19.5. The molecule has 5 rings (SSSR count). The van der Waals surface area contributed by atoms with Crippen molar-refractivity contribution in [3.8, 4) is 11.4 Å². The molecule has 0 unspecified atom stereocenters. The summed E-state index contributed by atoms with van der Waals surface area (Å²) in [5.74, 6) is 0.864. The number of nitrogens with one attached hydrogen (secondary N) is 1. The normalized spacial score (nSPS) is 19.7. The first-order chi connectivity index (χ1) is 14.7. The number of hydrogen-bond donors (Lipinski definition) is 1. The Kier molecular flexibility index (Phi) is 5.45. The van der Waals surface area contributed by atoms with Crippen LogP contribution in [0, 0.1) is 10.7 Å². The van der Waals surface area contributed by atoms with Crippen molar-refractivity contribution in [1.29, 1.82) is 0 Å². The molecule has 8 nitrogen and oxygen atoms in total. The number of nitrogens with zero attached hydrogens (tertiary/aromatic N) is 6. The van der Waals surface area contributed by atoms with Gasteiger partial charge in [0.05, 0.1) is 12.6 Å². The molecular weight excluding hydrogens is 418 g/mol. The lowest BCUT2D eigenvalue weighted by Crippen LogP contribution is -2.41. The number of hydrogen-bond acceptors (Lipinski definition) is 7. The van der Waals surface area contributed by atoms with Crippen LogP contribution >= 0.6 is 23.6 Å². The fourth-order valence-corrected chi connectivity index (χ4v) is 4.81. The van der Waals surface area contributed by atoms with E-state index in [-0.39, 0.29) is 11.8 Å². The van der Waals surface area contributed by atoms with Gasteiger partial charge in [-0.25, -0.2) is 9.67 Å². The van der Waals surface area contributed by atoms with Gasteiger partial charge >= 0.3 is 0 Å². The van der Waals surface area contributed by atoms with E-state index in [1.165, 1.54) is 11.3 Å². The van der Waals surface area contributed by atoms with Crippen LogP contribution in [0.4, 0.5) is 5.13 Å². The molecule has 2 aliphatic rings. The Morgan fingerprint density at radius 1 is 1.30 bits per heavy atom. The predicted molar refractivity (Wildman–Crippen MR) is 118 cm³/mol. The Morgan fingerprint density at radius 3 is 2.93 bits per heavy atom. The molecule has 30 heavy (non-hydrogen) atoms. The zero-order valence-corrected chi connectivity index (χ0v) is 18.1. The fraction of sp³-hybridized carbons (Fsp3) is 0.450. The highest BCUT2D eigenvalue weighted by Gasteiger charge is 2.31. The molecule has 1 saturated heterocycles. The molecule has 1 N–H and O–H groups in total. The largest absolute Gasteiger partial charge is 0.302 e. The van der Waals surface area contributed by atoms with Crippen molar-refractivity contribution in [2.24, 2.45) is 5.92 Å². The van der Waals surface area contributed by atoms with E-state index in [1.807, 2.05) is 28.4 Å². The molecule has 156 valence electrons. The molecule has 2 fully saturated rings. The summed E-state index contributed by atoms with van der Waals surface area (Å²) < 4.78 is 4.81. The predicted octanol–water partition coefficient (Wildman–Crippen LogP) is 3.58. The molecular formula is C20H23N7OS2. The first-order valence-electron chi connectivity index (χ1n) is 10.2. The van der Waals surface area contributed by atoms with Crippen molar-refractivity contribution >= 4 is 34.6 Å². The molecule has 0 spiro atoms. The average molecular weight is 442 g/mol. The summed E-state index contributed by atoms with van der Waals surface area (Å²) in [6.07, 6.45) is 9.43. The minimum absolute atomic E-state index is 0.0396. The van der Waals surface area contributed by atoms with Gasteiger partial charge in [-0.3, -0.25) is 19.2 Å². The van der Waals surface area contributed by atoms with E-state index in [1.54, 1.807) is 12.4 Å². The van der Waals surface area contributed by atoms with Gasteiger partial charge in [0.2, 0.25) is 5.91 Å². The molecule has 3 aromatic heterocycles. The first-order valence-corrected chi connectivity index (χ1v) is 11.5. The Balaban J connectivity index is 1.33. The average Bonchev–Trinajstić information content (AvgIpc) is 3.38. The van der Waals surface area contributed by atoms with E-state index in [2.05, 4.69) is 24.8 Å². The molecule has 0 aromatic carbocycles. The second kappa shape index (κ2) is 8.37. The van der Waals surface area contributed by atoms with Crippen molar-refractivity contribution in [2.75, 3.05) is 18.4 Å². The molecule has 0 radical (unpaired) electrons. The van der Waals surface area contributed by atoms with Crippen LogP contribution in [0.15, 0.2) is 36.1 Å². The van der Waals surface area contributed by atoms with Gasteiger partial charge in [0.15, 0.2) is 15.7 Å². The molecule has 1 aliphatic heterocycles. The topological polar surface area (TPSA) is 80.9 Å². The Bertz CT molecular complexity index is 1070. The van der Waals surface area contributed by atoms with Gasteiger partial charge in [0.25, 0.3) is 0 Å². The summed E-state index contributed by atoms with van der Waals surface area (Å²) >= 11 is 7.22. The highest BCUT2D eigenvalue weighted by Crippen LogP contribution is 2.38. The zero-order valence-electron chi connectivity index (χ0n) is 16.5. The SMILES string of the molecule is O=C(Nc1nccs1)[C@H]1CCCN(Cn2nc(-c3cccnc3)n(C3CC3)c2=S)C1. The van der Waals surface area contributed by atoms with Crippen molar-refractivity contribution in [2.45, 2.75) is 38.4 Å². The number of likely N-dealkylation sites (tertiary alicyclic amines) is 1. The van der Waals surface area contributed by atoms with Crippen LogP contribution < -0.4 is 5.32 Å². The van der Waals surface area contributed by atoms with Crippen molar-refractivity contribution in [3.05, 3.63) is 40.9 Å². The van der Waals surface area contributed by atoms with E-state index in [9.17, 15) is 4.79 Å². The number of piperidine rings is 1. The molecule has 10 heteroatoms. The lowest BCUT2D eigenvalue weighted by atomic mass is 9.97. The summed E-state index contributed by atoms with van der Waals surface area (Å²) in [6.45, 7) is 2.21. The van der Waals surface area contributed by atoms with Crippen LogP contribution in [0.25, 0.3) is 11.4 Å². The summed E-state index contributed by atoms with van der Waals surface area (Å²) in [5, 5.41) is 10.3. The number of amides is 1. The summed E-state index contributed by atoms with van der Waals surface area (Å²) in [4.78, 5) is 23.3. The van der Waals surface area contributed by atoms with Crippen molar-refractivity contribution in [3.63, 3.8) is 0 Å². The van der Waals surface area contributed by atoms with E-state index >= 15 is 0 Å². The second-order valence-electron chi connectivity index (χ2n) is 7.83. The summed E-state index contributed by atoms with van der Waals surface area (Å²) in [7, 11) is 0. The number of carbonyl (C=O) groups excluding carboxylic acids is 1. The lowest BCUT2D eigenvalue weighted by molar-refractivity contribution is -0.121. The van der Waals surface area contributed by atoms with Gasteiger partial charge in [-0.1, -0.05) is 0 Å². The molecule has 1 saturated carbocycles. The highest BCUT2D eigenvalue weighted by molar-refractivity contribution is 7.71. The van der Waals surface area contributed by atoms with Crippen LogP contribution in [-0.4, -0.2) is 48.2 Å². The van der Waals surface area contributed by atoms with E-state index < -0.39 is 0 Å². The van der Waals surface area contributed by atoms with Gasteiger partial charge in [0.1, 0.15) is 0 Å². The van der Waals surface area contributed by atoms with Crippen molar-refractivity contribution in [1.82, 2.24) is 29.2 Å². The molecule has 1 amide bonds. The Hall–Kier alpha value is -2.43. The third kappa shape index (κ3) is 4.07. The minimum atomic E-state index is -0.0554. The lowest BCUT2D eigenvalue weighted by Gasteiger charge is -2.31. The van der Waals surface area contributed by atoms with Gasteiger partial charge in [-0.2, -0.15) is 5.10 Å². The van der Waals surface area contributed by atoms with Crippen LogP contribution in [-0.2, 0) is 11.5 Å². The third-order valence-electron chi connectivity index (χ3n) is 5.57. The minimum Gasteiger partial charge on any atom is -0.302 e. The number of rotatable bonds is 6. The summed E-state index contributed by atoms with van der Waals surface area (Å²) in [6, 6.07) is 4.37. The van der Waals surface area contributed by atoms with E-state index in [4.69, 9.17) is 17.3 Å². The van der Waals surface area contributed by atoms with Crippen LogP contribution in [0.5, 0.6) is 0 Å². The third-order valence-corrected chi connectivity index (χ3v) is 6.67. The van der Waals surface area contributed by atoms with Gasteiger partial charge < -0.3 is 5.32 Å². The fourth-order valence-electron chi connectivity index (χ4n) is 3.95. The van der Waals surface area contributed by atoms with E-state index in [0.717, 1.165) is 48.4 Å². The van der Waals surface area contributed by atoms with E-state index in [0.29, 0.717) is 24.4 Å². The monoisotopic (exact) mass is 441 g/mol. The van der Waals surface area contributed by atoms with Gasteiger partial charge in [-0.15, -0.1) is 11.3 Å². The van der Waals surface area contributed by atoms with Crippen LogP contribution in [0.1, 0.15) is 31.7 Å². The molecule has 3 aromatic rings. The molecule has 1 aliphatic carbocycles. The molecule has 1 atom stereocenters. The van der Waals surface area contributed by atoms with Gasteiger partial charge in [0, 0.05) is 42.1 Å². The van der Waals surface area contributed by atoms with Crippen LogP contribution in [0.2, 0.25) is 0 Å². The zero-order chi connectivity index (χ0) is 20.5. The maximum absolute atomic E-state index is 12.6. The van der Waals surface area contributed by atoms with Crippen molar-refractivity contribution < 1.29 is 4.79 Å². The molecule has 0 bridgehead atoms. The highest BCUT2D eigenvalue weighted by atomic mass is 32.1. The second-order valence-corrected chi connectivity index (χ2v) is 9.09. The Morgan fingerprint density at radius 2 is 2.20 bits per heavy atom. The maximum Gasteiger partial charge on any atom is 0.230 e. The van der Waals surface area contributed by atoms with Crippen LogP contribution in [0.3, 0.4) is 0 Å². The Labute approximate surface area is 183 Å². The number of anilines is 1. The number of carbonyl (C=O) groups is 1. The number of thiazole rings is 1. The summed E-state index contributed by atoms with van der Waals surface area (Å²) in [5.41, 5.74) is 0.980. The van der Waals surface area contributed by atoms with Gasteiger partial charge in [-0.05, 0) is 56.6 Å². The number of pyridine rings is 1. The standard InChI is InChI=1S/C20H23N7OS2/c28-18(23-19-22-8-10-30-19)15-4-2-9-25(12-15)13-26-20(29)27(16-5-6-16)17(24-26)14-3-1-7-21-11-14/h1,3,7-8,10-11,15-16H,2,4-6,9,12-13H2,(H,22,23,28)/t15-/m0/s1. The smallest absolute Gasteiger partial charge is 0.230 e.